The number of hydrogen-bond acceptors (Lipinski definition) is 3. The molecule has 2 N–H and O–H groups in total. The molecule has 1 heterocycles. The highest BCUT2D eigenvalue weighted by molar-refractivity contribution is 9.11. The molecule has 0 saturated carbocycles. The van der Waals surface area contributed by atoms with E-state index in [9.17, 15) is 4.79 Å². The summed E-state index contributed by atoms with van der Waals surface area (Å²) < 4.78 is 1.15. The molecule has 0 spiro atoms. The second-order valence-corrected chi connectivity index (χ2v) is 7.11. The van der Waals surface area contributed by atoms with Gasteiger partial charge in [0, 0.05) is 25.2 Å². The van der Waals surface area contributed by atoms with E-state index in [-0.39, 0.29) is 5.91 Å². The quantitative estimate of drug-likeness (QED) is 0.778. The van der Waals surface area contributed by atoms with Crippen LogP contribution in [0.15, 0.2) is 39.5 Å². The van der Waals surface area contributed by atoms with Crippen LogP contribution in [0.3, 0.4) is 0 Å². The first kappa shape index (κ1) is 16.2. The van der Waals surface area contributed by atoms with E-state index in [1.807, 2.05) is 31.2 Å². The van der Waals surface area contributed by atoms with E-state index in [2.05, 4.69) is 38.0 Å². The Balaban J connectivity index is 1.87. The van der Waals surface area contributed by atoms with Crippen molar-refractivity contribution < 1.29 is 4.79 Å². The Bertz CT molecular complexity index is 597. The third-order valence-corrected chi connectivity index (χ3v) is 4.56. The maximum atomic E-state index is 11.9. The van der Waals surface area contributed by atoms with Crippen LogP contribution in [0.1, 0.15) is 34.8 Å². The van der Waals surface area contributed by atoms with Gasteiger partial charge in [-0.3, -0.25) is 4.79 Å². The number of thiophene rings is 1. The van der Waals surface area contributed by atoms with Gasteiger partial charge in [0.1, 0.15) is 0 Å². The molecule has 0 aliphatic heterocycles. The van der Waals surface area contributed by atoms with E-state index in [0.717, 1.165) is 34.4 Å². The van der Waals surface area contributed by atoms with E-state index in [1.54, 1.807) is 11.3 Å². The van der Waals surface area contributed by atoms with Gasteiger partial charge in [-0.05, 0) is 57.1 Å². The molecule has 2 rings (SSSR count). The van der Waals surface area contributed by atoms with E-state index in [1.165, 1.54) is 5.56 Å². The minimum Gasteiger partial charge on any atom is -0.352 e. The van der Waals surface area contributed by atoms with E-state index >= 15 is 0 Å². The summed E-state index contributed by atoms with van der Waals surface area (Å²) in [5.74, 6) is 0.000431. The van der Waals surface area contributed by atoms with Gasteiger partial charge in [-0.2, -0.15) is 0 Å². The summed E-state index contributed by atoms with van der Waals surface area (Å²) in [4.78, 5) is 11.9. The van der Waals surface area contributed by atoms with Crippen molar-refractivity contribution in [3.05, 3.63) is 56.2 Å². The summed E-state index contributed by atoms with van der Waals surface area (Å²) in [7, 11) is 0. The average Bonchev–Trinajstić information content (AvgIpc) is 2.90. The fourth-order valence-electron chi connectivity index (χ4n) is 1.95. The molecule has 21 heavy (non-hydrogen) atoms. The summed E-state index contributed by atoms with van der Waals surface area (Å²) >= 11 is 5.15. The van der Waals surface area contributed by atoms with Crippen molar-refractivity contribution in [1.29, 1.82) is 0 Å². The maximum Gasteiger partial charge on any atom is 0.251 e. The Morgan fingerprint density at radius 2 is 2.05 bits per heavy atom. The molecule has 0 radical (unpaired) electrons. The first-order chi connectivity index (χ1) is 10.2. The molecule has 1 aromatic carbocycles. The molecule has 3 nitrogen and oxygen atoms in total. The average molecular weight is 367 g/mol. The highest BCUT2D eigenvalue weighted by atomic mass is 79.9. The Labute approximate surface area is 137 Å². The molecule has 5 heteroatoms. The first-order valence-corrected chi connectivity index (χ1v) is 8.67. The number of rotatable bonds is 7. The molecule has 2 aromatic rings. The lowest BCUT2D eigenvalue weighted by Crippen LogP contribution is -2.24. The number of halogens is 1. The Morgan fingerprint density at radius 3 is 2.76 bits per heavy atom. The van der Waals surface area contributed by atoms with E-state index in [0.29, 0.717) is 6.54 Å². The van der Waals surface area contributed by atoms with Gasteiger partial charge in [-0.25, -0.2) is 0 Å². The highest BCUT2D eigenvalue weighted by Crippen LogP contribution is 2.20. The Kier molecular flexibility index (Phi) is 6.42. The Morgan fingerprint density at radius 1 is 1.24 bits per heavy atom. The van der Waals surface area contributed by atoms with Crippen LogP contribution in [0.2, 0.25) is 0 Å². The molecule has 0 atom stereocenters. The van der Waals surface area contributed by atoms with Gasteiger partial charge in [0.2, 0.25) is 0 Å². The topological polar surface area (TPSA) is 41.1 Å². The van der Waals surface area contributed by atoms with Crippen LogP contribution in [0.5, 0.6) is 0 Å². The zero-order valence-corrected chi connectivity index (χ0v) is 14.4. The second-order valence-electron chi connectivity index (χ2n) is 4.82. The van der Waals surface area contributed by atoms with Crippen LogP contribution < -0.4 is 10.6 Å². The predicted molar refractivity (Wildman–Crippen MR) is 91.6 cm³/mol. The molecule has 1 aromatic heterocycles. The molecular weight excluding hydrogens is 348 g/mol. The van der Waals surface area contributed by atoms with E-state index in [4.69, 9.17) is 0 Å². The third-order valence-electron chi connectivity index (χ3n) is 3.00. The predicted octanol–water partition coefficient (Wildman–Crippen LogP) is 3.94. The van der Waals surface area contributed by atoms with Crippen molar-refractivity contribution in [2.75, 3.05) is 6.54 Å². The summed E-state index contributed by atoms with van der Waals surface area (Å²) in [6.07, 6.45) is 0.948. The summed E-state index contributed by atoms with van der Waals surface area (Å²) in [6.45, 7) is 4.34. The number of carbonyl (C=O) groups excluding carboxylic acids is 1. The molecule has 0 aliphatic rings. The summed E-state index contributed by atoms with van der Waals surface area (Å²) in [5.41, 5.74) is 3.11. The minimum absolute atomic E-state index is 0.000431. The number of benzene rings is 1. The van der Waals surface area contributed by atoms with Crippen LogP contribution in [-0.2, 0) is 13.1 Å². The molecular formula is C16H19BrN2OS. The van der Waals surface area contributed by atoms with Crippen molar-refractivity contribution in [1.82, 2.24) is 10.6 Å². The standard InChI is InChI=1S/C16H19BrN2OS/c1-2-6-19-16(20)14-5-3-4-12(7-14)9-18-10-13-8-15(17)21-11-13/h3-5,7-8,11,18H,2,6,9-10H2,1H3,(H,19,20). The third kappa shape index (κ3) is 5.26. The van der Waals surface area contributed by atoms with Crippen LogP contribution >= 0.6 is 27.3 Å². The monoisotopic (exact) mass is 366 g/mol. The van der Waals surface area contributed by atoms with Gasteiger partial charge in [0.25, 0.3) is 5.91 Å². The largest absolute Gasteiger partial charge is 0.352 e. The molecule has 1 amide bonds. The van der Waals surface area contributed by atoms with Crippen LogP contribution in [-0.4, -0.2) is 12.5 Å². The first-order valence-electron chi connectivity index (χ1n) is 7.00. The van der Waals surface area contributed by atoms with Gasteiger partial charge in [-0.1, -0.05) is 19.1 Å². The van der Waals surface area contributed by atoms with E-state index < -0.39 is 0 Å². The zero-order valence-electron chi connectivity index (χ0n) is 12.0. The van der Waals surface area contributed by atoms with Gasteiger partial charge >= 0.3 is 0 Å². The number of hydrogen-bond donors (Lipinski definition) is 2. The molecule has 0 fully saturated rings. The van der Waals surface area contributed by atoms with Crippen LogP contribution in [0, 0.1) is 0 Å². The molecule has 112 valence electrons. The zero-order chi connectivity index (χ0) is 15.1. The summed E-state index contributed by atoms with van der Waals surface area (Å²) in [5, 5.41) is 8.42. The lowest BCUT2D eigenvalue weighted by atomic mass is 10.1. The normalized spacial score (nSPS) is 10.6. The fraction of sp³-hybridized carbons (Fsp3) is 0.312. The second kappa shape index (κ2) is 8.32. The van der Waals surface area contributed by atoms with Crippen LogP contribution in [0.25, 0.3) is 0 Å². The van der Waals surface area contributed by atoms with Crippen LogP contribution in [0.4, 0.5) is 0 Å². The van der Waals surface area contributed by atoms with Gasteiger partial charge in [-0.15, -0.1) is 11.3 Å². The lowest BCUT2D eigenvalue weighted by Gasteiger charge is -2.07. The highest BCUT2D eigenvalue weighted by Gasteiger charge is 2.05. The minimum atomic E-state index is 0.000431. The molecule has 0 aliphatic carbocycles. The van der Waals surface area contributed by atoms with Crippen molar-refractivity contribution in [2.45, 2.75) is 26.4 Å². The Hall–Kier alpha value is -1.17. The fourth-order valence-corrected chi connectivity index (χ4v) is 3.16. The van der Waals surface area contributed by atoms with Crippen molar-refractivity contribution in [2.24, 2.45) is 0 Å². The van der Waals surface area contributed by atoms with Crippen molar-refractivity contribution in [3.8, 4) is 0 Å². The molecule has 0 saturated heterocycles. The summed E-state index contributed by atoms with van der Waals surface area (Å²) in [6, 6.07) is 9.88. The molecule has 0 bridgehead atoms. The van der Waals surface area contributed by atoms with Gasteiger partial charge in [0.05, 0.1) is 3.79 Å². The van der Waals surface area contributed by atoms with Crippen molar-refractivity contribution in [3.63, 3.8) is 0 Å². The van der Waals surface area contributed by atoms with Gasteiger partial charge < -0.3 is 10.6 Å². The number of amides is 1. The number of carbonyl (C=O) groups is 1. The molecule has 0 unspecified atom stereocenters. The SMILES string of the molecule is CCCNC(=O)c1cccc(CNCc2csc(Br)c2)c1. The lowest BCUT2D eigenvalue weighted by molar-refractivity contribution is 0.0953. The van der Waals surface area contributed by atoms with Crippen molar-refractivity contribution >= 4 is 33.2 Å². The number of nitrogens with one attached hydrogen (secondary N) is 2. The van der Waals surface area contributed by atoms with Gasteiger partial charge in [0.15, 0.2) is 0 Å². The smallest absolute Gasteiger partial charge is 0.251 e. The maximum absolute atomic E-state index is 11.9.